The number of carbonyl (C=O) groups is 1. The molecule has 2 nitrogen and oxygen atoms in total. The highest BCUT2D eigenvalue weighted by molar-refractivity contribution is 6.40. The van der Waals surface area contributed by atoms with Gasteiger partial charge in [0.1, 0.15) is 11.6 Å². The topological polar surface area (TPSA) is 29.1 Å². The van der Waals surface area contributed by atoms with Crippen LogP contribution in [0.15, 0.2) is 36.4 Å². The van der Waals surface area contributed by atoms with Crippen LogP contribution in [0.25, 0.3) is 0 Å². The van der Waals surface area contributed by atoms with Gasteiger partial charge in [-0.25, -0.2) is 8.78 Å². The zero-order chi connectivity index (χ0) is 14.0. The summed E-state index contributed by atoms with van der Waals surface area (Å²) in [4.78, 5) is 11.9. The van der Waals surface area contributed by atoms with Gasteiger partial charge in [0.25, 0.3) is 5.91 Å². The summed E-state index contributed by atoms with van der Waals surface area (Å²) >= 11 is 11.7. The first-order valence-electron chi connectivity index (χ1n) is 5.19. The largest absolute Gasteiger partial charge is 0.319 e. The molecule has 0 aliphatic rings. The van der Waals surface area contributed by atoms with Crippen molar-refractivity contribution in [1.82, 2.24) is 0 Å². The molecule has 6 heteroatoms. The van der Waals surface area contributed by atoms with E-state index >= 15 is 0 Å². The maximum atomic E-state index is 13.4. The van der Waals surface area contributed by atoms with Crippen LogP contribution in [0.2, 0.25) is 10.0 Å². The van der Waals surface area contributed by atoms with Crippen molar-refractivity contribution in [3.63, 3.8) is 0 Å². The van der Waals surface area contributed by atoms with E-state index in [2.05, 4.69) is 5.32 Å². The Bertz CT molecular complexity index is 626. The number of anilines is 1. The predicted octanol–water partition coefficient (Wildman–Crippen LogP) is 4.52. The summed E-state index contributed by atoms with van der Waals surface area (Å²) in [6.07, 6.45) is 0. The number of halogens is 4. The lowest BCUT2D eigenvalue weighted by Crippen LogP contribution is -2.14. The second kappa shape index (κ2) is 5.55. The number of benzene rings is 2. The number of amides is 1. The van der Waals surface area contributed by atoms with Crippen LogP contribution in [0.5, 0.6) is 0 Å². The van der Waals surface area contributed by atoms with E-state index in [1.165, 1.54) is 12.1 Å². The molecule has 0 aliphatic heterocycles. The Morgan fingerprint density at radius 1 is 1.05 bits per heavy atom. The molecule has 0 spiro atoms. The lowest BCUT2D eigenvalue weighted by atomic mass is 10.2. The predicted molar refractivity (Wildman–Crippen MR) is 70.8 cm³/mol. The van der Waals surface area contributed by atoms with Crippen molar-refractivity contribution in [3.05, 3.63) is 63.6 Å². The monoisotopic (exact) mass is 301 g/mol. The highest BCUT2D eigenvalue weighted by Crippen LogP contribution is 2.30. The van der Waals surface area contributed by atoms with Gasteiger partial charge >= 0.3 is 0 Å². The van der Waals surface area contributed by atoms with Gasteiger partial charge in [0, 0.05) is 6.07 Å². The van der Waals surface area contributed by atoms with E-state index in [0.29, 0.717) is 6.07 Å². The second-order valence-electron chi connectivity index (χ2n) is 3.67. The average Bonchev–Trinajstić information content (AvgIpc) is 2.33. The molecule has 1 N–H and O–H groups in total. The molecule has 0 aliphatic carbocycles. The Labute approximate surface area is 118 Å². The summed E-state index contributed by atoms with van der Waals surface area (Å²) in [5.41, 5.74) is -0.114. The van der Waals surface area contributed by atoms with Gasteiger partial charge in [-0.2, -0.15) is 0 Å². The van der Waals surface area contributed by atoms with E-state index in [-0.39, 0.29) is 21.3 Å². The van der Waals surface area contributed by atoms with Crippen molar-refractivity contribution < 1.29 is 13.6 Å². The lowest BCUT2D eigenvalue weighted by Gasteiger charge is -2.09. The van der Waals surface area contributed by atoms with Crippen molar-refractivity contribution in [2.24, 2.45) is 0 Å². The number of para-hydroxylation sites is 1. The second-order valence-corrected chi connectivity index (χ2v) is 4.49. The smallest absolute Gasteiger partial charge is 0.258 e. The zero-order valence-corrected chi connectivity index (χ0v) is 10.9. The third kappa shape index (κ3) is 3.03. The van der Waals surface area contributed by atoms with Crippen LogP contribution in [0.3, 0.4) is 0 Å². The molecule has 1 amide bonds. The molecule has 0 radical (unpaired) electrons. The SMILES string of the molecule is O=C(Nc1c(Cl)cccc1Cl)c1ccc(F)cc1F. The Morgan fingerprint density at radius 3 is 2.26 bits per heavy atom. The van der Waals surface area contributed by atoms with Crippen molar-refractivity contribution in [2.75, 3.05) is 5.32 Å². The molecule has 19 heavy (non-hydrogen) atoms. The maximum Gasteiger partial charge on any atom is 0.258 e. The highest BCUT2D eigenvalue weighted by atomic mass is 35.5. The van der Waals surface area contributed by atoms with Crippen LogP contribution < -0.4 is 5.32 Å². The van der Waals surface area contributed by atoms with E-state index in [4.69, 9.17) is 23.2 Å². The van der Waals surface area contributed by atoms with E-state index in [0.717, 1.165) is 12.1 Å². The van der Waals surface area contributed by atoms with Gasteiger partial charge in [0.2, 0.25) is 0 Å². The van der Waals surface area contributed by atoms with Gasteiger partial charge in [-0.05, 0) is 24.3 Å². The van der Waals surface area contributed by atoms with Crippen molar-refractivity contribution in [3.8, 4) is 0 Å². The summed E-state index contributed by atoms with van der Waals surface area (Å²) < 4.78 is 26.2. The lowest BCUT2D eigenvalue weighted by molar-refractivity contribution is 0.102. The normalized spacial score (nSPS) is 10.3. The molecule has 0 fully saturated rings. The molecule has 0 unspecified atom stereocenters. The quantitative estimate of drug-likeness (QED) is 0.868. The highest BCUT2D eigenvalue weighted by Gasteiger charge is 2.15. The first-order chi connectivity index (χ1) is 8.99. The minimum atomic E-state index is -0.958. The van der Waals surface area contributed by atoms with Gasteiger partial charge in [0.05, 0.1) is 21.3 Å². The molecular formula is C13H7Cl2F2NO. The van der Waals surface area contributed by atoms with Crippen LogP contribution >= 0.6 is 23.2 Å². The van der Waals surface area contributed by atoms with Crippen molar-refractivity contribution in [1.29, 1.82) is 0 Å². The number of hydrogen-bond donors (Lipinski definition) is 1. The van der Waals surface area contributed by atoms with E-state index in [1.54, 1.807) is 6.07 Å². The van der Waals surface area contributed by atoms with Gasteiger partial charge in [-0.15, -0.1) is 0 Å². The number of hydrogen-bond acceptors (Lipinski definition) is 1. The Kier molecular flexibility index (Phi) is 4.02. The summed E-state index contributed by atoms with van der Waals surface area (Å²) in [5, 5.41) is 2.84. The third-order valence-electron chi connectivity index (χ3n) is 2.38. The van der Waals surface area contributed by atoms with Crippen LogP contribution in [0.1, 0.15) is 10.4 Å². The molecule has 0 saturated carbocycles. The molecule has 2 aromatic rings. The molecule has 2 rings (SSSR count). The van der Waals surface area contributed by atoms with E-state index in [1.807, 2.05) is 0 Å². The van der Waals surface area contributed by atoms with Gasteiger partial charge in [-0.1, -0.05) is 29.3 Å². The first kappa shape index (κ1) is 13.8. The van der Waals surface area contributed by atoms with Gasteiger partial charge in [0.15, 0.2) is 0 Å². The average molecular weight is 302 g/mol. The van der Waals surface area contributed by atoms with E-state index < -0.39 is 17.5 Å². The number of carbonyl (C=O) groups excluding carboxylic acids is 1. The molecule has 2 aromatic carbocycles. The van der Waals surface area contributed by atoms with Crippen molar-refractivity contribution in [2.45, 2.75) is 0 Å². The fourth-order valence-corrected chi connectivity index (χ4v) is 1.96. The summed E-state index contributed by atoms with van der Waals surface area (Å²) in [6.45, 7) is 0. The van der Waals surface area contributed by atoms with Gasteiger partial charge in [-0.3, -0.25) is 4.79 Å². The maximum absolute atomic E-state index is 13.4. The molecular weight excluding hydrogens is 295 g/mol. The molecule has 0 saturated heterocycles. The van der Waals surface area contributed by atoms with E-state index in [9.17, 15) is 13.6 Å². The summed E-state index contributed by atoms with van der Waals surface area (Å²) in [5.74, 6) is -2.47. The first-order valence-corrected chi connectivity index (χ1v) is 5.95. The van der Waals surface area contributed by atoms with Crippen LogP contribution in [-0.4, -0.2) is 5.91 Å². The molecule has 98 valence electrons. The third-order valence-corrected chi connectivity index (χ3v) is 3.01. The van der Waals surface area contributed by atoms with Gasteiger partial charge < -0.3 is 5.32 Å². The van der Waals surface area contributed by atoms with Crippen LogP contribution in [-0.2, 0) is 0 Å². The number of rotatable bonds is 2. The molecule has 0 aromatic heterocycles. The Balaban J connectivity index is 2.31. The summed E-state index contributed by atoms with van der Waals surface area (Å²) in [6, 6.07) is 7.34. The molecule has 0 atom stereocenters. The van der Waals surface area contributed by atoms with Crippen LogP contribution in [0.4, 0.5) is 14.5 Å². The zero-order valence-electron chi connectivity index (χ0n) is 9.38. The minimum absolute atomic E-state index is 0.180. The molecule has 0 heterocycles. The Morgan fingerprint density at radius 2 is 1.68 bits per heavy atom. The Hall–Kier alpha value is -1.65. The van der Waals surface area contributed by atoms with Crippen molar-refractivity contribution >= 4 is 34.8 Å². The summed E-state index contributed by atoms with van der Waals surface area (Å²) in [7, 11) is 0. The molecule has 0 bridgehead atoms. The minimum Gasteiger partial charge on any atom is -0.319 e. The number of nitrogens with one attached hydrogen (secondary N) is 1. The van der Waals surface area contributed by atoms with Crippen LogP contribution in [0, 0.1) is 11.6 Å². The standard InChI is InChI=1S/C13H7Cl2F2NO/c14-9-2-1-3-10(15)12(9)18-13(19)8-5-4-7(16)6-11(8)17/h1-6H,(H,18,19). The fourth-order valence-electron chi connectivity index (χ4n) is 1.47. The fraction of sp³-hybridized carbons (Fsp3) is 0.